The van der Waals surface area contributed by atoms with Gasteiger partial charge in [-0.3, -0.25) is 14.9 Å². The molecule has 10 nitrogen and oxygen atoms in total. The molecule has 0 bridgehead atoms. The van der Waals surface area contributed by atoms with Gasteiger partial charge >= 0.3 is 0 Å². The highest BCUT2D eigenvalue weighted by atomic mass is 16.6. The van der Waals surface area contributed by atoms with Crippen LogP contribution in [0.15, 0.2) is 48.5 Å². The van der Waals surface area contributed by atoms with E-state index < -0.39 is 10.8 Å². The van der Waals surface area contributed by atoms with Crippen LogP contribution in [0.3, 0.4) is 0 Å². The number of hydrogen-bond donors (Lipinski definition) is 1. The van der Waals surface area contributed by atoms with Gasteiger partial charge in [0.05, 0.1) is 17.7 Å². The Morgan fingerprint density at radius 3 is 2.73 bits per heavy atom. The first kappa shape index (κ1) is 17.0. The van der Waals surface area contributed by atoms with Crippen molar-refractivity contribution in [3.05, 3.63) is 58.6 Å². The van der Waals surface area contributed by atoms with E-state index in [1.165, 1.54) is 25.3 Å². The fourth-order valence-electron chi connectivity index (χ4n) is 2.24. The van der Waals surface area contributed by atoms with E-state index >= 15 is 0 Å². The maximum Gasteiger partial charge on any atom is 0.271 e. The predicted octanol–water partition coefficient (Wildman–Crippen LogP) is 1.90. The molecule has 1 aromatic heterocycles. The van der Waals surface area contributed by atoms with Crippen LogP contribution in [0.25, 0.3) is 11.4 Å². The van der Waals surface area contributed by atoms with Crippen molar-refractivity contribution >= 4 is 17.3 Å². The van der Waals surface area contributed by atoms with Crippen molar-refractivity contribution in [3.63, 3.8) is 0 Å². The van der Waals surface area contributed by atoms with Gasteiger partial charge < -0.3 is 10.1 Å². The van der Waals surface area contributed by atoms with Gasteiger partial charge in [0.15, 0.2) is 0 Å². The lowest BCUT2D eigenvalue weighted by Gasteiger charge is -2.09. The van der Waals surface area contributed by atoms with E-state index in [1.54, 1.807) is 0 Å². The first-order valence-corrected chi connectivity index (χ1v) is 7.52. The minimum absolute atomic E-state index is 0.161. The zero-order chi connectivity index (χ0) is 18.5. The molecule has 10 heteroatoms. The van der Waals surface area contributed by atoms with Crippen molar-refractivity contribution < 1.29 is 14.5 Å². The van der Waals surface area contributed by atoms with Crippen molar-refractivity contribution in [2.75, 3.05) is 12.4 Å². The van der Waals surface area contributed by atoms with Crippen LogP contribution in [-0.4, -0.2) is 38.1 Å². The lowest BCUT2D eigenvalue weighted by Crippen LogP contribution is -2.20. The molecule has 0 fully saturated rings. The third kappa shape index (κ3) is 3.80. The summed E-state index contributed by atoms with van der Waals surface area (Å²) in [6.45, 7) is -0.203. The van der Waals surface area contributed by atoms with Crippen LogP contribution in [0, 0.1) is 10.1 Å². The number of hydrogen-bond acceptors (Lipinski definition) is 7. The number of nitro groups is 1. The maximum atomic E-state index is 12.2. The summed E-state index contributed by atoms with van der Waals surface area (Å²) in [6, 6.07) is 13.1. The number of nitro benzene ring substituents is 1. The quantitative estimate of drug-likeness (QED) is 0.529. The number of benzene rings is 2. The van der Waals surface area contributed by atoms with Gasteiger partial charge in [0.2, 0.25) is 11.7 Å². The highest BCUT2D eigenvalue weighted by molar-refractivity contribution is 5.92. The van der Waals surface area contributed by atoms with E-state index in [1.807, 2.05) is 30.3 Å². The topological polar surface area (TPSA) is 125 Å². The molecule has 0 atom stereocenters. The molecule has 1 N–H and O–H groups in total. The number of amides is 1. The minimum Gasteiger partial charge on any atom is -0.495 e. The van der Waals surface area contributed by atoms with E-state index in [0.29, 0.717) is 11.6 Å². The molecular weight excluding hydrogens is 340 g/mol. The summed E-state index contributed by atoms with van der Waals surface area (Å²) < 4.78 is 5.11. The Labute approximate surface area is 147 Å². The second kappa shape index (κ2) is 7.38. The molecule has 0 aliphatic rings. The summed E-state index contributed by atoms with van der Waals surface area (Å²) in [4.78, 5) is 23.7. The molecule has 0 unspecified atom stereocenters. The van der Waals surface area contributed by atoms with Crippen molar-refractivity contribution in [2.24, 2.45) is 0 Å². The zero-order valence-electron chi connectivity index (χ0n) is 13.7. The Balaban J connectivity index is 1.73. The van der Waals surface area contributed by atoms with Gasteiger partial charge in [-0.05, 0) is 11.3 Å². The maximum absolute atomic E-state index is 12.2. The van der Waals surface area contributed by atoms with Gasteiger partial charge in [0.25, 0.3) is 5.69 Å². The second-order valence-electron chi connectivity index (χ2n) is 5.20. The molecule has 2 aromatic carbocycles. The van der Waals surface area contributed by atoms with E-state index in [9.17, 15) is 14.9 Å². The molecule has 0 radical (unpaired) electrons. The SMILES string of the molecule is COc1ccc([N+](=O)[O-])cc1NC(=O)Cn1nnc(-c2ccccc2)n1. The Kier molecular flexibility index (Phi) is 4.83. The minimum atomic E-state index is -0.555. The van der Waals surface area contributed by atoms with E-state index in [-0.39, 0.29) is 17.9 Å². The first-order valence-electron chi connectivity index (χ1n) is 7.52. The molecular formula is C16H14N6O4. The number of carbonyl (C=O) groups is 1. The standard InChI is InChI=1S/C16H14N6O4/c1-26-14-8-7-12(22(24)25)9-13(14)17-15(23)10-21-19-16(18-20-21)11-5-3-2-4-6-11/h2-9H,10H2,1H3,(H,17,23). The molecule has 0 saturated carbocycles. The van der Waals surface area contributed by atoms with E-state index in [2.05, 4.69) is 20.7 Å². The summed E-state index contributed by atoms with van der Waals surface area (Å²) in [5, 5.41) is 25.3. The average Bonchev–Trinajstić information content (AvgIpc) is 3.10. The average molecular weight is 354 g/mol. The smallest absolute Gasteiger partial charge is 0.271 e. The zero-order valence-corrected chi connectivity index (χ0v) is 13.7. The molecule has 0 saturated heterocycles. The predicted molar refractivity (Wildman–Crippen MR) is 91.5 cm³/mol. The monoisotopic (exact) mass is 354 g/mol. The molecule has 3 aromatic rings. The summed E-state index contributed by atoms with van der Waals surface area (Å²) in [5.41, 5.74) is 0.806. The summed E-state index contributed by atoms with van der Waals surface area (Å²) in [6.07, 6.45) is 0. The van der Waals surface area contributed by atoms with Crippen LogP contribution in [0.1, 0.15) is 0 Å². The fourth-order valence-corrected chi connectivity index (χ4v) is 2.24. The number of carbonyl (C=O) groups excluding carboxylic acids is 1. The van der Waals surface area contributed by atoms with Crippen molar-refractivity contribution in [2.45, 2.75) is 6.54 Å². The van der Waals surface area contributed by atoms with Crippen LogP contribution in [0.2, 0.25) is 0 Å². The number of tetrazole rings is 1. The van der Waals surface area contributed by atoms with Crippen LogP contribution < -0.4 is 10.1 Å². The van der Waals surface area contributed by atoms with Crippen molar-refractivity contribution in [3.8, 4) is 17.1 Å². The van der Waals surface area contributed by atoms with Gasteiger partial charge in [-0.2, -0.15) is 4.80 Å². The largest absolute Gasteiger partial charge is 0.495 e. The van der Waals surface area contributed by atoms with Crippen LogP contribution in [0.4, 0.5) is 11.4 Å². The number of non-ortho nitro benzene ring substituents is 1. The van der Waals surface area contributed by atoms with E-state index in [4.69, 9.17) is 4.74 Å². The molecule has 0 aliphatic carbocycles. The molecule has 26 heavy (non-hydrogen) atoms. The number of rotatable bonds is 6. The number of nitrogens with zero attached hydrogens (tertiary/aromatic N) is 5. The summed E-state index contributed by atoms with van der Waals surface area (Å²) in [5.74, 6) is 0.229. The Hall–Kier alpha value is -3.82. The van der Waals surface area contributed by atoms with Gasteiger partial charge in [-0.15, -0.1) is 10.2 Å². The van der Waals surface area contributed by atoms with Gasteiger partial charge in [-0.1, -0.05) is 30.3 Å². The van der Waals surface area contributed by atoms with Crippen molar-refractivity contribution in [1.82, 2.24) is 20.2 Å². The Bertz CT molecular complexity index is 941. The van der Waals surface area contributed by atoms with Gasteiger partial charge in [0, 0.05) is 17.7 Å². The van der Waals surface area contributed by atoms with Crippen molar-refractivity contribution in [1.29, 1.82) is 0 Å². The number of ether oxygens (including phenoxy) is 1. The number of aromatic nitrogens is 4. The molecule has 1 amide bonds. The van der Waals surface area contributed by atoms with Crippen LogP contribution >= 0.6 is 0 Å². The van der Waals surface area contributed by atoms with Gasteiger partial charge in [0.1, 0.15) is 12.3 Å². The second-order valence-corrected chi connectivity index (χ2v) is 5.20. The molecule has 3 rings (SSSR count). The third-order valence-electron chi connectivity index (χ3n) is 3.44. The van der Waals surface area contributed by atoms with Crippen LogP contribution in [0.5, 0.6) is 5.75 Å². The lowest BCUT2D eigenvalue weighted by atomic mass is 10.2. The fraction of sp³-hybridized carbons (Fsp3) is 0.125. The molecule has 0 aliphatic heterocycles. The first-order chi connectivity index (χ1) is 12.6. The van der Waals surface area contributed by atoms with Gasteiger partial charge in [-0.25, -0.2) is 0 Å². The Morgan fingerprint density at radius 2 is 2.04 bits per heavy atom. The highest BCUT2D eigenvalue weighted by Crippen LogP contribution is 2.28. The number of methoxy groups -OCH3 is 1. The Morgan fingerprint density at radius 1 is 1.27 bits per heavy atom. The number of anilines is 1. The third-order valence-corrected chi connectivity index (χ3v) is 3.44. The lowest BCUT2D eigenvalue weighted by molar-refractivity contribution is -0.384. The molecule has 132 valence electrons. The molecule has 0 spiro atoms. The normalized spacial score (nSPS) is 10.3. The van der Waals surface area contributed by atoms with Crippen LogP contribution in [-0.2, 0) is 11.3 Å². The number of nitrogens with one attached hydrogen (secondary N) is 1. The summed E-state index contributed by atoms with van der Waals surface area (Å²) in [7, 11) is 1.40. The summed E-state index contributed by atoms with van der Waals surface area (Å²) >= 11 is 0. The molecule has 1 heterocycles. The van der Waals surface area contributed by atoms with E-state index in [0.717, 1.165) is 10.4 Å². The highest BCUT2D eigenvalue weighted by Gasteiger charge is 2.15.